The normalized spacial score (nSPS) is 12.4. The van der Waals surface area contributed by atoms with Crippen molar-refractivity contribution < 1.29 is 9.84 Å². The molecule has 1 N–H and O–H groups in total. The van der Waals surface area contributed by atoms with Gasteiger partial charge in [0.2, 0.25) is 5.88 Å². The Hall–Kier alpha value is -1.46. The Kier molecular flexibility index (Phi) is 3.17. The van der Waals surface area contributed by atoms with Gasteiger partial charge >= 0.3 is 0 Å². The second-order valence-corrected chi connectivity index (χ2v) is 4.49. The van der Waals surface area contributed by atoms with Gasteiger partial charge in [0.15, 0.2) is 0 Å². The summed E-state index contributed by atoms with van der Waals surface area (Å²) in [6.45, 7) is 2.00. The number of aryl methyl sites for hydroxylation is 1. The average Bonchev–Trinajstić information content (AvgIpc) is 2.75. The number of aromatic nitrogens is 2. The zero-order chi connectivity index (χ0) is 11.5. The molecule has 0 saturated heterocycles. The van der Waals surface area contributed by atoms with E-state index >= 15 is 0 Å². The molecule has 0 aliphatic carbocycles. The average molecular weight is 236 g/mol. The monoisotopic (exact) mass is 236 g/mol. The van der Waals surface area contributed by atoms with Crippen molar-refractivity contribution in [2.45, 2.75) is 13.0 Å². The van der Waals surface area contributed by atoms with Crippen molar-refractivity contribution in [3.05, 3.63) is 40.0 Å². The maximum atomic E-state index is 10.1. The summed E-state index contributed by atoms with van der Waals surface area (Å²) in [6, 6.07) is 3.58. The molecule has 0 radical (unpaired) electrons. The lowest BCUT2D eigenvalue weighted by atomic mass is 10.1. The summed E-state index contributed by atoms with van der Waals surface area (Å²) in [5, 5.41) is 12.0. The number of methoxy groups -OCH3 is 1. The molecule has 1 atom stereocenters. The highest BCUT2D eigenvalue weighted by Gasteiger charge is 2.14. The fraction of sp³-hybridized carbons (Fsp3) is 0.273. The number of rotatable bonds is 3. The molecule has 0 aliphatic rings. The zero-order valence-electron chi connectivity index (χ0n) is 9.04. The number of thiophene rings is 1. The molecule has 0 fully saturated rings. The van der Waals surface area contributed by atoms with E-state index in [1.54, 1.807) is 17.4 Å². The quantitative estimate of drug-likeness (QED) is 0.884. The van der Waals surface area contributed by atoms with Crippen molar-refractivity contribution in [1.82, 2.24) is 9.97 Å². The molecule has 0 spiro atoms. The predicted octanol–water partition coefficient (Wildman–Crippen LogP) is 1.94. The van der Waals surface area contributed by atoms with E-state index in [9.17, 15) is 5.11 Å². The zero-order valence-corrected chi connectivity index (χ0v) is 9.86. The third-order valence-electron chi connectivity index (χ3n) is 2.22. The first-order valence-electron chi connectivity index (χ1n) is 4.79. The van der Waals surface area contributed by atoms with Gasteiger partial charge in [-0.15, -0.1) is 11.3 Å². The summed E-state index contributed by atoms with van der Waals surface area (Å²) in [6.07, 6.45) is 0.665. The van der Waals surface area contributed by atoms with E-state index < -0.39 is 6.10 Å². The first-order chi connectivity index (χ1) is 7.70. The molecule has 2 heterocycles. The van der Waals surface area contributed by atoms with Crippen LogP contribution < -0.4 is 4.74 Å². The van der Waals surface area contributed by atoms with Crippen LogP contribution in [0.15, 0.2) is 23.8 Å². The second kappa shape index (κ2) is 4.59. The van der Waals surface area contributed by atoms with E-state index in [2.05, 4.69) is 9.97 Å². The van der Waals surface area contributed by atoms with Gasteiger partial charge < -0.3 is 9.84 Å². The maximum absolute atomic E-state index is 10.1. The van der Waals surface area contributed by atoms with Crippen molar-refractivity contribution in [2.75, 3.05) is 7.11 Å². The van der Waals surface area contributed by atoms with E-state index in [1.165, 1.54) is 13.4 Å². The smallest absolute Gasteiger partial charge is 0.216 e. The van der Waals surface area contributed by atoms with Gasteiger partial charge in [-0.2, -0.15) is 0 Å². The molecule has 1 unspecified atom stereocenters. The minimum absolute atomic E-state index is 0.455. The van der Waals surface area contributed by atoms with Crippen molar-refractivity contribution in [3.8, 4) is 5.88 Å². The van der Waals surface area contributed by atoms with Gasteiger partial charge in [0.05, 0.1) is 12.8 Å². The van der Waals surface area contributed by atoms with E-state index in [0.29, 0.717) is 11.6 Å². The molecule has 16 heavy (non-hydrogen) atoms. The van der Waals surface area contributed by atoms with Crippen LogP contribution in [0, 0.1) is 6.92 Å². The molecule has 4 nitrogen and oxygen atoms in total. The van der Waals surface area contributed by atoms with Crippen molar-refractivity contribution in [1.29, 1.82) is 0 Å². The predicted molar refractivity (Wildman–Crippen MR) is 61.7 cm³/mol. The third kappa shape index (κ3) is 2.20. The summed E-state index contributed by atoms with van der Waals surface area (Å²) < 4.78 is 4.99. The first kappa shape index (κ1) is 11.0. The SMILES string of the molecule is COc1cc(C(O)c2csc(C)c2)ncn1. The van der Waals surface area contributed by atoms with Crippen LogP contribution in [-0.4, -0.2) is 22.2 Å². The number of aliphatic hydroxyl groups is 1. The van der Waals surface area contributed by atoms with Gasteiger partial charge in [-0.3, -0.25) is 0 Å². The fourth-order valence-corrected chi connectivity index (χ4v) is 2.12. The van der Waals surface area contributed by atoms with Gasteiger partial charge in [0.25, 0.3) is 0 Å². The molecular formula is C11H12N2O2S. The number of nitrogens with zero attached hydrogens (tertiary/aromatic N) is 2. The number of hydrogen-bond donors (Lipinski definition) is 1. The second-order valence-electron chi connectivity index (χ2n) is 3.38. The summed E-state index contributed by atoms with van der Waals surface area (Å²) in [5.41, 5.74) is 1.40. The van der Waals surface area contributed by atoms with Crippen molar-refractivity contribution in [3.63, 3.8) is 0 Å². The van der Waals surface area contributed by atoms with E-state index in [1.807, 2.05) is 18.4 Å². The lowest BCUT2D eigenvalue weighted by Crippen LogP contribution is -2.02. The molecule has 5 heteroatoms. The Morgan fingerprint density at radius 3 is 2.81 bits per heavy atom. The Bertz CT molecular complexity index is 484. The summed E-state index contributed by atoms with van der Waals surface area (Å²) in [7, 11) is 1.53. The minimum Gasteiger partial charge on any atom is -0.481 e. The summed E-state index contributed by atoms with van der Waals surface area (Å²) >= 11 is 1.60. The minimum atomic E-state index is -0.721. The van der Waals surface area contributed by atoms with Crippen LogP contribution >= 0.6 is 11.3 Å². The Morgan fingerprint density at radius 2 is 2.19 bits per heavy atom. The summed E-state index contributed by atoms with van der Waals surface area (Å²) in [5.74, 6) is 0.455. The summed E-state index contributed by atoms with van der Waals surface area (Å²) in [4.78, 5) is 9.10. The molecule has 0 aliphatic heterocycles. The van der Waals surface area contributed by atoms with Gasteiger partial charge in [-0.1, -0.05) is 0 Å². The number of aliphatic hydroxyl groups excluding tert-OH is 1. The molecule has 0 amide bonds. The number of ether oxygens (including phenoxy) is 1. The van der Waals surface area contributed by atoms with E-state index in [4.69, 9.17) is 4.74 Å². The highest BCUT2D eigenvalue weighted by atomic mass is 32.1. The van der Waals surface area contributed by atoms with Crippen LogP contribution in [0.3, 0.4) is 0 Å². The molecule has 2 aromatic rings. The molecule has 0 aromatic carbocycles. The van der Waals surface area contributed by atoms with Crippen LogP contribution in [-0.2, 0) is 0 Å². The van der Waals surface area contributed by atoms with Crippen molar-refractivity contribution in [2.24, 2.45) is 0 Å². The Balaban J connectivity index is 2.29. The Morgan fingerprint density at radius 1 is 1.38 bits per heavy atom. The van der Waals surface area contributed by atoms with E-state index in [0.717, 1.165) is 10.4 Å². The molecular weight excluding hydrogens is 224 g/mol. The van der Waals surface area contributed by atoms with Crippen LogP contribution in [0.2, 0.25) is 0 Å². The van der Waals surface area contributed by atoms with Gasteiger partial charge in [-0.25, -0.2) is 9.97 Å². The largest absolute Gasteiger partial charge is 0.481 e. The molecule has 2 rings (SSSR count). The van der Waals surface area contributed by atoms with Gasteiger partial charge in [-0.05, 0) is 23.9 Å². The molecule has 84 valence electrons. The van der Waals surface area contributed by atoms with E-state index in [-0.39, 0.29) is 0 Å². The molecule has 2 aromatic heterocycles. The third-order valence-corrected chi connectivity index (χ3v) is 3.10. The topological polar surface area (TPSA) is 55.2 Å². The highest BCUT2D eigenvalue weighted by molar-refractivity contribution is 7.10. The van der Waals surface area contributed by atoms with Crippen LogP contribution in [0.25, 0.3) is 0 Å². The first-order valence-corrected chi connectivity index (χ1v) is 5.67. The lowest BCUT2D eigenvalue weighted by molar-refractivity contribution is 0.214. The lowest BCUT2D eigenvalue weighted by Gasteiger charge is -2.08. The standard InChI is InChI=1S/C11H12N2O2S/c1-7-3-8(5-16-7)11(14)9-4-10(15-2)13-6-12-9/h3-6,11,14H,1-2H3. The van der Waals surface area contributed by atoms with Gasteiger partial charge in [0.1, 0.15) is 12.4 Å². The van der Waals surface area contributed by atoms with Crippen LogP contribution in [0.1, 0.15) is 22.2 Å². The van der Waals surface area contributed by atoms with Crippen LogP contribution in [0.5, 0.6) is 5.88 Å². The van der Waals surface area contributed by atoms with Gasteiger partial charge in [0, 0.05) is 10.9 Å². The Labute approximate surface area is 97.6 Å². The van der Waals surface area contributed by atoms with Crippen LogP contribution in [0.4, 0.5) is 0 Å². The van der Waals surface area contributed by atoms with Crippen molar-refractivity contribution >= 4 is 11.3 Å². The fourth-order valence-electron chi connectivity index (χ4n) is 1.39. The molecule has 0 saturated carbocycles. The molecule has 0 bridgehead atoms. The number of hydrogen-bond acceptors (Lipinski definition) is 5. The highest BCUT2D eigenvalue weighted by Crippen LogP contribution is 2.25. The maximum Gasteiger partial charge on any atom is 0.216 e.